The number of nitrogen functional groups attached to an aromatic ring is 1. The number of likely N-dealkylation sites (tertiary alicyclic amines) is 1. The van der Waals surface area contributed by atoms with Gasteiger partial charge in [-0.15, -0.1) is 12.4 Å². The van der Waals surface area contributed by atoms with Gasteiger partial charge in [-0.3, -0.25) is 4.79 Å². The zero-order valence-electron chi connectivity index (χ0n) is 10.1. The molecule has 1 atom stereocenters. The summed E-state index contributed by atoms with van der Waals surface area (Å²) in [4.78, 5) is 14.2. The van der Waals surface area contributed by atoms with Crippen molar-refractivity contribution in [3.05, 3.63) is 29.8 Å². The average molecular weight is 255 g/mol. The van der Waals surface area contributed by atoms with E-state index in [1.807, 2.05) is 17.0 Å². The number of nitrogens with two attached hydrogens (primary N) is 1. The fourth-order valence-corrected chi connectivity index (χ4v) is 2.25. The molecule has 1 unspecified atom stereocenters. The predicted molar refractivity (Wildman–Crippen MR) is 72.5 cm³/mol. The van der Waals surface area contributed by atoms with Gasteiger partial charge < -0.3 is 10.6 Å². The van der Waals surface area contributed by atoms with Crippen LogP contribution in [0, 0.1) is 0 Å². The Bertz CT molecular complexity index is 395. The summed E-state index contributed by atoms with van der Waals surface area (Å²) < 4.78 is 0. The van der Waals surface area contributed by atoms with Crippen molar-refractivity contribution in [3.63, 3.8) is 0 Å². The van der Waals surface area contributed by atoms with Gasteiger partial charge in [0.2, 0.25) is 0 Å². The molecule has 1 amide bonds. The molecule has 0 saturated carbocycles. The zero-order chi connectivity index (χ0) is 11.5. The van der Waals surface area contributed by atoms with Gasteiger partial charge in [0, 0.05) is 18.3 Å². The highest BCUT2D eigenvalue weighted by Gasteiger charge is 2.24. The van der Waals surface area contributed by atoms with Crippen molar-refractivity contribution in [1.82, 2.24) is 4.90 Å². The van der Waals surface area contributed by atoms with E-state index in [1.54, 1.807) is 12.1 Å². The van der Waals surface area contributed by atoms with E-state index in [4.69, 9.17) is 5.73 Å². The number of nitrogens with zero attached hydrogens (tertiary/aromatic N) is 1. The standard InChI is InChI=1S/C13H18N2O.ClH/c1-10-6-4-5-9-15(10)13(16)11-7-2-3-8-12(11)14;/h2-3,7-8,10H,4-6,9,14H2,1H3;1H. The summed E-state index contributed by atoms with van der Waals surface area (Å²) >= 11 is 0. The molecule has 1 aliphatic heterocycles. The number of carbonyl (C=O) groups is 1. The number of piperidine rings is 1. The lowest BCUT2D eigenvalue weighted by molar-refractivity contribution is 0.0637. The first kappa shape index (κ1) is 13.8. The number of para-hydroxylation sites is 1. The number of amides is 1. The molecule has 1 heterocycles. The Morgan fingerprint density at radius 3 is 2.71 bits per heavy atom. The van der Waals surface area contributed by atoms with Gasteiger partial charge in [0.1, 0.15) is 0 Å². The summed E-state index contributed by atoms with van der Waals surface area (Å²) in [5.74, 6) is 0.0744. The van der Waals surface area contributed by atoms with Crippen molar-refractivity contribution in [2.45, 2.75) is 32.2 Å². The van der Waals surface area contributed by atoms with Gasteiger partial charge in [0.15, 0.2) is 0 Å². The van der Waals surface area contributed by atoms with Crippen LogP contribution in [0.1, 0.15) is 36.5 Å². The minimum atomic E-state index is 0. The van der Waals surface area contributed by atoms with Crippen molar-refractivity contribution < 1.29 is 4.79 Å². The molecule has 1 aromatic rings. The smallest absolute Gasteiger partial charge is 0.256 e. The van der Waals surface area contributed by atoms with E-state index in [0.29, 0.717) is 17.3 Å². The van der Waals surface area contributed by atoms with Crippen LogP contribution < -0.4 is 5.73 Å². The molecule has 1 saturated heterocycles. The second kappa shape index (κ2) is 5.92. The molecular formula is C13H19ClN2O. The zero-order valence-corrected chi connectivity index (χ0v) is 10.9. The Labute approximate surface area is 108 Å². The van der Waals surface area contributed by atoms with E-state index in [1.165, 1.54) is 6.42 Å². The van der Waals surface area contributed by atoms with Crippen LogP contribution in [0.15, 0.2) is 24.3 Å². The molecular weight excluding hydrogens is 236 g/mol. The number of hydrogen-bond acceptors (Lipinski definition) is 2. The van der Waals surface area contributed by atoms with Gasteiger partial charge >= 0.3 is 0 Å². The fourth-order valence-electron chi connectivity index (χ4n) is 2.25. The number of anilines is 1. The average Bonchev–Trinajstić information content (AvgIpc) is 2.29. The van der Waals surface area contributed by atoms with Crippen LogP contribution in [0.2, 0.25) is 0 Å². The van der Waals surface area contributed by atoms with Crippen molar-refractivity contribution in [1.29, 1.82) is 0 Å². The molecule has 0 spiro atoms. The minimum Gasteiger partial charge on any atom is -0.398 e. The molecule has 1 fully saturated rings. The Balaban J connectivity index is 0.00000144. The lowest BCUT2D eigenvalue weighted by Gasteiger charge is -2.33. The number of carbonyl (C=O) groups excluding carboxylic acids is 1. The third-order valence-corrected chi connectivity index (χ3v) is 3.26. The summed E-state index contributed by atoms with van der Waals surface area (Å²) in [5, 5.41) is 0. The monoisotopic (exact) mass is 254 g/mol. The maximum atomic E-state index is 12.3. The number of benzene rings is 1. The van der Waals surface area contributed by atoms with E-state index in [-0.39, 0.29) is 18.3 Å². The molecule has 0 aliphatic carbocycles. The van der Waals surface area contributed by atoms with Crippen LogP contribution >= 0.6 is 12.4 Å². The van der Waals surface area contributed by atoms with Crippen LogP contribution in [-0.2, 0) is 0 Å². The Kier molecular flexibility index (Phi) is 4.82. The summed E-state index contributed by atoms with van der Waals surface area (Å²) in [6, 6.07) is 7.63. The maximum absolute atomic E-state index is 12.3. The van der Waals surface area contributed by atoms with Gasteiger partial charge in [-0.05, 0) is 38.3 Å². The molecule has 1 aromatic carbocycles. The van der Waals surface area contributed by atoms with E-state index in [9.17, 15) is 4.79 Å². The number of rotatable bonds is 1. The maximum Gasteiger partial charge on any atom is 0.256 e. The Morgan fingerprint density at radius 1 is 1.35 bits per heavy atom. The molecule has 0 bridgehead atoms. The molecule has 2 rings (SSSR count). The lowest BCUT2D eigenvalue weighted by Crippen LogP contribution is -2.42. The van der Waals surface area contributed by atoms with E-state index in [0.717, 1.165) is 19.4 Å². The molecule has 4 heteroatoms. The molecule has 94 valence electrons. The summed E-state index contributed by atoms with van der Waals surface area (Å²) in [5.41, 5.74) is 7.04. The highest BCUT2D eigenvalue weighted by atomic mass is 35.5. The third-order valence-electron chi connectivity index (χ3n) is 3.26. The van der Waals surface area contributed by atoms with Crippen LogP contribution in [-0.4, -0.2) is 23.4 Å². The van der Waals surface area contributed by atoms with Crippen LogP contribution in [0.4, 0.5) is 5.69 Å². The SMILES string of the molecule is CC1CCCCN1C(=O)c1ccccc1N.Cl. The predicted octanol–water partition coefficient (Wildman–Crippen LogP) is 2.71. The largest absolute Gasteiger partial charge is 0.398 e. The highest BCUT2D eigenvalue weighted by Crippen LogP contribution is 2.21. The van der Waals surface area contributed by atoms with Gasteiger partial charge in [0.05, 0.1) is 5.56 Å². The Morgan fingerprint density at radius 2 is 2.06 bits per heavy atom. The Hall–Kier alpha value is -1.22. The second-order valence-electron chi connectivity index (χ2n) is 4.43. The van der Waals surface area contributed by atoms with Gasteiger partial charge in [-0.25, -0.2) is 0 Å². The fraction of sp³-hybridized carbons (Fsp3) is 0.462. The van der Waals surface area contributed by atoms with Crippen molar-refractivity contribution >= 4 is 24.0 Å². The first-order valence-corrected chi connectivity index (χ1v) is 5.85. The first-order chi connectivity index (χ1) is 7.70. The molecule has 1 aliphatic rings. The van der Waals surface area contributed by atoms with Crippen LogP contribution in [0.25, 0.3) is 0 Å². The van der Waals surface area contributed by atoms with Gasteiger partial charge in [-0.2, -0.15) is 0 Å². The quantitative estimate of drug-likeness (QED) is 0.784. The van der Waals surface area contributed by atoms with E-state index >= 15 is 0 Å². The van der Waals surface area contributed by atoms with Gasteiger partial charge in [0.25, 0.3) is 5.91 Å². The van der Waals surface area contributed by atoms with Crippen LogP contribution in [0.5, 0.6) is 0 Å². The van der Waals surface area contributed by atoms with Crippen molar-refractivity contribution in [2.75, 3.05) is 12.3 Å². The van der Waals surface area contributed by atoms with E-state index < -0.39 is 0 Å². The number of hydrogen-bond donors (Lipinski definition) is 1. The number of halogens is 1. The molecule has 0 aromatic heterocycles. The first-order valence-electron chi connectivity index (χ1n) is 5.85. The minimum absolute atomic E-state index is 0. The van der Waals surface area contributed by atoms with Crippen molar-refractivity contribution in [3.8, 4) is 0 Å². The third kappa shape index (κ3) is 2.91. The summed E-state index contributed by atoms with van der Waals surface area (Å²) in [7, 11) is 0. The van der Waals surface area contributed by atoms with Crippen molar-refractivity contribution in [2.24, 2.45) is 0 Å². The highest BCUT2D eigenvalue weighted by molar-refractivity contribution is 5.99. The van der Waals surface area contributed by atoms with Gasteiger partial charge in [-0.1, -0.05) is 12.1 Å². The molecule has 3 nitrogen and oxygen atoms in total. The lowest BCUT2D eigenvalue weighted by atomic mass is 10.0. The topological polar surface area (TPSA) is 46.3 Å². The molecule has 2 N–H and O–H groups in total. The summed E-state index contributed by atoms with van der Waals surface area (Å²) in [6.07, 6.45) is 3.41. The van der Waals surface area contributed by atoms with Crippen LogP contribution in [0.3, 0.4) is 0 Å². The molecule has 17 heavy (non-hydrogen) atoms. The second-order valence-corrected chi connectivity index (χ2v) is 4.43. The molecule has 0 radical (unpaired) electrons. The van der Waals surface area contributed by atoms with E-state index in [2.05, 4.69) is 6.92 Å². The summed E-state index contributed by atoms with van der Waals surface area (Å²) in [6.45, 7) is 2.96. The normalized spacial score (nSPS) is 19.6.